The molecule has 5 heteroatoms. The molecule has 0 saturated heterocycles. The van der Waals surface area contributed by atoms with E-state index in [4.69, 9.17) is 11.6 Å². The maximum Gasteiger partial charge on any atom is 0.269 e. The summed E-state index contributed by atoms with van der Waals surface area (Å²) in [5, 5.41) is 14.6. The third kappa shape index (κ3) is 4.27. The van der Waals surface area contributed by atoms with Crippen LogP contribution in [0.5, 0.6) is 0 Å². The van der Waals surface area contributed by atoms with Crippen LogP contribution < -0.4 is 5.32 Å². The minimum absolute atomic E-state index is 0.0822. The molecule has 18 heavy (non-hydrogen) atoms. The number of hydrogen-bond acceptors (Lipinski definition) is 3. The molecule has 0 aliphatic carbocycles. The Kier molecular flexibility index (Phi) is 6.09. The van der Waals surface area contributed by atoms with Crippen molar-refractivity contribution in [1.29, 1.82) is 0 Å². The van der Waals surface area contributed by atoms with Gasteiger partial charge in [-0.2, -0.15) is 0 Å². The van der Waals surface area contributed by atoms with Gasteiger partial charge in [-0.15, -0.1) is 0 Å². The summed E-state index contributed by atoms with van der Waals surface area (Å²) in [5.41, 5.74) is 0.857. The predicted octanol–water partition coefficient (Wildman–Crippen LogP) is 3.77. The molecule has 1 N–H and O–H groups in total. The van der Waals surface area contributed by atoms with Crippen molar-refractivity contribution in [1.82, 2.24) is 5.32 Å². The molecule has 1 aromatic carbocycles. The Hall–Kier alpha value is -1.13. The van der Waals surface area contributed by atoms with Crippen LogP contribution in [-0.4, -0.2) is 11.5 Å². The average Bonchev–Trinajstić information content (AvgIpc) is 2.36. The van der Waals surface area contributed by atoms with Gasteiger partial charge in [0.2, 0.25) is 0 Å². The highest BCUT2D eigenvalue weighted by atomic mass is 35.5. The van der Waals surface area contributed by atoms with Crippen LogP contribution in [0.25, 0.3) is 0 Å². The van der Waals surface area contributed by atoms with Gasteiger partial charge in [0.1, 0.15) is 0 Å². The van der Waals surface area contributed by atoms with E-state index in [0.29, 0.717) is 17.5 Å². The van der Waals surface area contributed by atoms with Gasteiger partial charge >= 0.3 is 0 Å². The van der Waals surface area contributed by atoms with Gasteiger partial charge < -0.3 is 5.32 Å². The molecule has 4 nitrogen and oxygen atoms in total. The van der Waals surface area contributed by atoms with Crippen LogP contribution in [0.2, 0.25) is 5.02 Å². The summed E-state index contributed by atoms with van der Waals surface area (Å²) >= 11 is 6.02. The maximum absolute atomic E-state index is 10.7. The minimum atomic E-state index is -0.402. The number of halogens is 1. The van der Waals surface area contributed by atoms with Gasteiger partial charge in [0.15, 0.2) is 0 Å². The molecular weight excluding hydrogens is 252 g/mol. The molecule has 0 unspecified atom stereocenters. The number of nitrogens with zero attached hydrogens (tertiary/aromatic N) is 1. The summed E-state index contributed by atoms with van der Waals surface area (Å²) in [6, 6.07) is 4.53. The Morgan fingerprint density at radius 1 is 1.39 bits per heavy atom. The summed E-state index contributed by atoms with van der Waals surface area (Å²) in [6.07, 6.45) is 2.26. The Labute approximate surface area is 112 Å². The van der Waals surface area contributed by atoms with Crippen molar-refractivity contribution in [3.05, 3.63) is 38.9 Å². The van der Waals surface area contributed by atoms with Gasteiger partial charge in [0.25, 0.3) is 5.69 Å². The van der Waals surface area contributed by atoms with Crippen molar-refractivity contribution in [2.45, 2.75) is 33.2 Å². The maximum atomic E-state index is 10.7. The first-order valence-corrected chi connectivity index (χ1v) is 6.59. The van der Waals surface area contributed by atoms with Gasteiger partial charge in [0, 0.05) is 23.7 Å². The van der Waals surface area contributed by atoms with E-state index in [1.807, 2.05) is 0 Å². The van der Waals surface area contributed by atoms with Crippen LogP contribution in [0.4, 0.5) is 5.69 Å². The fraction of sp³-hybridized carbons (Fsp3) is 0.538. The summed E-state index contributed by atoms with van der Waals surface area (Å²) in [4.78, 5) is 10.3. The molecule has 0 spiro atoms. The van der Waals surface area contributed by atoms with Crippen LogP contribution in [0.1, 0.15) is 32.3 Å². The van der Waals surface area contributed by atoms with E-state index >= 15 is 0 Å². The Balaban J connectivity index is 2.61. The smallest absolute Gasteiger partial charge is 0.269 e. The first-order valence-electron chi connectivity index (χ1n) is 6.22. The van der Waals surface area contributed by atoms with Gasteiger partial charge in [-0.3, -0.25) is 10.1 Å². The van der Waals surface area contributed by atoms with E-state index in [0.717, 1.165) is 24.9 Å². The average molecular weight is 271 g/mol. The number of rotatable bonds is 7. The second kappa shape index (κ2) is 7.34. The van der Waals surface area contributed by atoms with E-state index in [1.165, 1.54) is 12.1 Å². The summed E-state index contributed by atoms with van der Waals surface area (Å²) < 4.78 is 0. The van der Waals surface area contributed by atoms with E-state index in [9.17, 15) is 10.1 Å². The Morgan fingerprint density at radius 3 is 2.61 bits per heavy atom. The number of benzene rings is 1. The highest BCUT2D eigenvalue weighted by Gasteiger charge is 2.10. The first-order chi connectivity index (χ1) is 8.58. The molecule has 0 aromatic heterocycles. The van der Waals surface area contributed by atoms with Crippen LogP contribution in [0.3, 0.4) is 0 Å². The van der Waals surface area contributed by atoms with E-state index in [2.05, 4.69) is 19.2 Å². The van der Waals surface area contributed by atoms with Gasteiger partial charge in [0.05, 0.1) is 4.92 Å². The fourth-order valence-corrected chi connectivity index (χ4v) is 1.98. The summed E-state index contributed by atoms with van der Waals surface area (Å²) in [6.45, 7) is 5.80. The molecule has 0 heterocycles. The number of nitro benzene ring substituents is 1. The summed E-state index contributed by atoms with van der Waals surface area (Å²) in [7, 11) is 0. The lowest BCUT2D eigenvalue weighted by Crippen LogP contribution is -2.21. The third-order valence-corrected chi connectivity index (χ3v) is 3.51. The zero-order valence-corrected chi connectivity index (χ0v) is 11.5. The largest absolute Gasteiger partial charge is 0.312 e. The molecule has 0 radical (unpaired) electrons. The zero-order valence-electron chi connectivity index (χ0n) is 10.8. The zero-order chi connectivity index (χ0) is 13.5. The third-order valence-electron chi connectivity index (χ3n) is 3.14. The van der Waals surface area contributed by atoms with E-state index < -0.39 is 4.92 Å². The molecule has 0 fully saturated rings. The van der Waals surface area contributed by atoms with Gasteiger partial charge in [-0.05, 0) is 24.1 Å². The monoisotopic (exact) mass is 270 g/mol. The van der Waals surface area contributed by atoms with Crippen molar-refractivity contribution in [3.63, 3.8) is 0 Å². The van der Waals surface area contributed by atoms with Crippen molar-refractivity contribution in [2.24, 2.45) is 5.92 Å². The normalized spacial score (nSPS) is 10.9. The number of hydrogen-bond donors (Lipinski definition) is 1. The predicted molar refractivity (Wildman–Crippen MR) is 73.9 cm³/mol. The standard InChI is InChI=1S/C13H19ClN2O2/c1-3-10(4-2)8-15-9-11-7-12(16(17)18)5-6-13(11)14/h5-7,10,15H,3-4,8-9H2,1-2H3. The van der Waals surface area contributed by atoms with Gasteiger partial charge in [-0.25, -0.2) is 0 Å². The molecule has 0 bridgehead atoms. The lowest BCUT2D eigenvalue weighted by atomic mass is 10.0. The molecular formula is C13H19ClN2O2. The SMILES string of the molecule is CCC(CC)CNCc1cc([N+](=O)[O-])ccc1Cl. The quantitative estimate of drug-likeness (QED) is 0.606. The molecule has 0 atom stereocenters. The summed E-state index contributed by atoms with van der Waals surface area (Å²) in [5.74, 6) is 0.641. The number of nitrogens with one attached hydrogen (secondary N) is 1. The fourth-order valence-electron chi connectivity index (χ4n) is 1.80. The highest BCUT2D eigenvalue weighted by molar-refractivity contribution is 6.31. The molecule has 0 saturated carbocycles. The molecule has 1 aromatic rings. The van der Waals surface area contributed by atoms with E-state index in [-0.39, 0.29) is 5.69 Å². The van der Waals surface area contributed by atoms with Crippen LogP contribution in [0, 0.1) is 16.0 Å². The Morgan fingerprint density at radius 2 is 2.06 bits per heavy atom. The van der Waals surface area contributed by atoms with Crippen LogP contribution >= 0.6 is 11.6 Å². The second-order valence-electron chi connectivity index (χ2n) is 4.35. The van der Waals surface area contributed by atoms with Gasteiger partial charge in [-0.1, -0.05) is 38.3 Å². The lowest BCUT2D eigenvalue weighted by Gasteiger charge is -2.13. The topological polar surface area (TPSA) is 55.2 Å². The molecule has 0 amide bonds. The first kappa shape index (κ1) is 14.9. The highest BCUT2D eigenvalue weighted by Crippen LogP contribution is 2.22. The minimum Gasteiger partial charge on any atom is -0.312 e. The van der Waals surface area contributed by atoms with Crippen molar-refractivity contribution in [3.8, 4) is 0 Å². The number of non-ortho nitro benzene ring substituents is 1. The molecule has 0 aliphatic rings. The van der Waals surface area contributed by atoms with E-state index in [1.54, 1.807) is 6.07 Å². The van der Waals surface area contributed by atoms with Crippen molar-refractivity contribution >= 4 is 17.3 Å². The van der Waals surface area contributed by atoms with Crippen LogP contribution in [0.15, 0.2) is 18.2 Å². The molecule has 0 aliphatic heterocycles. The molecule has 1 rings (SSSR count). The molecule has 100 valence electrons. The number of nitro groups is 1. The Bertz CT molecular complexity index is 406. The van der Waals surface area contributed by atoms with Crippen LogP contribution in [-0.2, 0) is 6.54 Å². The lowest BCUT2D eigenvalue weighted by molar-refractivity contribution is -0.384. The van der Waals surface area contributed by atoms with Crippen molar-refractivity contribution < 1.29 is 4.92 Å². The van der Waals surface area contributed by atoms with Crippen molar-refractivity contribution in [2.75, 3.05) is 6.54 Å². The second-order valence-corrected chi connectivity index (χ2v) is 4.75.